The van der Waals surface area contributed by atoms with Crippen LogP contribution >= 0.6 is 11.6 Å². The van der Waals surface area contributed by atoms with E-state index in [-0.39, 0.29) is 0 Å². The molecular formula is C15H18ClNO4. The first-order valence-electron chi connectivity index (χ1n) is 6.68. The van der Waals surface area contributed by atoms with Gasteiger partial charge in [-0.15, -0.1) is 6.58 Å². The monoisotopic (exact) mass is 311 g/mol. The minimum absolute atomic E-state index is 0.401. The van der Waals surface area contributed by atoms with Crippen molar-refractivity contribution in [3.05, 3.63) is 35.4 Å². The number of hydrogen-bond donors (Lipinski definition) is 1. The highest BCUT2D eigenvalue weighted by atomic mass is 35.5. The van der Waals surface area contributed by atoms with Gasteiger partial charge in [-0.3, -0.25) is 5.32 Å². The lowest BCUT2D eigenvalue weighted by Gasteiger charge is -2.18. The molecule has 0 amide bonds. The molecule has 0 aromatic heterocycles. The van der Waals surface area contributed by atoms with E-state index in [1.807, 2.05) is 0 Å². The minimum atomic E-state index is -0.636. The van der Waals surface area contributed by atoms with Crippen molar-refractivity contribution in [1.29, 1.82) is 0 Å². The fourth-order valence-corrected chi connectivity index (χ4v) is 2.35. The molecule has 1 unspecified atom stereocenters. The number of esters is 1. The SMILES string of the molecule is C=CCNC(C(=O)OC)c1cc(Cl)c2c(c1)OCCCO2. The Bertz CT molecular complexity index is 533. The van der Waals surface area contributed by atoms with Crippen molar-refractivity contribution in [2.75, 3.05) is 26.9 Å². The summed E-state index contributed by atoms with van der Waals surface area (Å²) in [4.78, 5) is 11.9. The van der Waals surface area contributed by atoms with Gasteiger partial charge in [-0.25, -0.2) is 4.79 Å². The fraction of sp³-hybridized carbons (Fsp3) is 0.400. The second-order valence-corrected chi connectivity index (χ2v) is 4.94. The Morgan fingerprint density at radius 1 is 1.52 bits per heavy atom. The Kier molecular flexibility index (Phi) is 5.47. The highest BCUT2D eigenvalue weighted by Crippen LogP contribution is 2.39. The van der Waals surface area contributed by atoms with E-state index in [0.717, 1.165) is 6.42 Å². The molecule has 0 fully saturated rings. The zero-order chi connectivity index (χ0) is 15.2. The molecule has 114 valence electrons. The number of fused-ring (bicyclic) bond motifs is 1. The lowest BCUT2D eigenvalue weighted by atomic mass is 10.1. The summed E-state index contributed by atoms with van der Waals surface area (Å²) in [5.74, 6) is 0.664. The summed E-state index contributed by atoms with van der Waals surface area (Å²) >= 11 is 6.24. The lowest BCUT2D eigenvalue weighted by Crippen LogP contribution is -2.29. The summed E-state index contributed by atoms with van der Waals surface area (Å²) in [6.45, 7) is 5.20. The molecule has 5 nitrogen and oxygen atoms in total. The first kappa shape index (κ1) is 15.7. The highest BCUT2D eigenvalue weighted by molar-refractivity contribution is 6.32. The van der Waals surface area contributed by atoms with Gasteiger partial charge in [0.25, 0.3) is 0 Å². The minimum Gasteiger partial charge on any atom is -0.489 e. The Morgan fingerprint density at radius 2 is 2.29 bits per heavy atom. The van der Waals surface area contributed by atoms with Crippen LogP contribution in [-0.2, 0) is 9.53 Å². The molecule has 1 aromatic carbocycles. The van der Waals surface area contributed by atoms with Gasteiger partial charge in [0, 0.05) is 13.0 Å². The zero-order valence-electron chi connectivity index (χ0n) is 11.9. The number of carbonyl (C=O) groups excluding carboxylic acids is 1. The summed E-state index contributed by atoms with van der Waals surface area (Å²) in [7, 11) is 1.34. The molecule has 1 aliphatic heterocycles. The Labute approximate surface area is 128 Å². The van der Waals surface area contributed by atoms with Gasteiger partial charge in [-0.2, -0.15) is 0 Å². The van der Waals surface area contributed by atoms with Crippen molar-refractivity contribution < 1.29 is 19.0 Å². The van der Waals surface area contributed by atoms with Gasteiger partial charge < -0.3 is 14.2 Å². The van der Waals surface area contributed by atoms with E-state index in [9.17, 15) is 4.79 Å². The first-order chi connectivity index (χ1) is 10.2. The maximum atomic E-state index is 11.9. The van der Waals surface area contributed by atoms with Crippen LogP contribution in [0.15, 0.2) is 24.8 Å². The second-order valence-electron chi connectivity index (χ2n) is 4.53. The van der Waals surface area contributed by atoms with E-state index in [1.165, 1.54) is 7.11 Å². The molecule has 0 aliphatic carbocycles. The van der Waals surface area contributed by atoms with E-state index in [0.29, 0.717) is 41.8 Å². The molecule has 1 N–H and O–H groups in total. The van der Waals surface area contributed by atoms with Crippen LogP contribution in [0.3, 0.4) is 0 Å². The number of hydrogen-bond acceptors (Lipinski definition) is 5. The smallest absolute Gasteiger partial charge is 0.327 e. The van der Waals surface area contributed by atoms with E-state index >= 15 is 0 Å². The molecule has 0 saturated carbocycles. The molecule has 2 rings (SSSR count). The summed E-state index contributed by atoms with van der Waals surface area (Å²) in [5, 5.41) is 3.45. The van der Waals surface area contributed by atoms with E-state index in [4.69, 9.17) is 25.8 Å². The van der Waals surface area contributed by atoms with Gasteiger partial charge in [0.2, 0.25) is 0 Å². The Balaban J connectivity index is 2.36. The Hall–Kier alpha value is -1.72. The average molecular weight is 312 g/mol. The first-order valence-corrected chi connectivity index (χ1v) is 7.06. The van der Waals surface area contributed by atoms with Crippen molar-refractivity contribution in [3.63, 3.8) is 0 Å². The van der Waals surface area contributed by atoms with Crippen LogP contribution in [0.25, 0.3) is 0 Å². The van der Waals surface area contributed by atoms with Gasteiger partial charge in [0.15, 0.2) is 11.5 Å². The zero-order valence-corrected chi connectivity index (χ0v) is 12.6. The summed E-state index contributed by atoms with van der Waals surface area (Å²) in [6.07, 6.45) is 2.45. The second kappa shape index (κ2) is 7.33. The van der Waals surface area contributed by atoms with Gasteiger partial charge >= 0.3 is 5.97 Å². The van der Waals surface area contributed by atoms with E-state index < -0.39 is 12.0 Å². The number of methoxy groups -OCH3 is 1. The molecule has 1 atom stereocenters. The third kappa shape index (κ3) is 3.68. The van der Waals surface area contributed by atoms with Crippen molar-refractivity contribution in [1.82, 2.24) is 5.32 Å². The molecule has 0 spiro atoms. The van der Waals surface area contributed by atoms with E-state index in [1.54, 1.807) is 18.2 Å². The van der Waals surface area contributed by atoms with Gasteiger partial charge in [-0.05, 0) is 17.7 Å². The molecule has 0 saturated heterocycles. The number of ether oxygens (including phenoxy) is 3. The van der Waals surface area contributed by atoms with Crippen molar-refractivity contribution >= 4 is 17.6 Å². The van der Waals surface area contributed by atoms with Crippen LogP contribution < -0.4 is 14.8 Å². The van der Waals surface area contributed by atoms with Gasteiger partial charge in [-0.1, -0.05) is 17.7 Å². The highest BCUT2D eigenvalue weighted by Gasteiger charge is 2.24. The topological polar surface area (TPSA) is 56.8 Å². The van der Waals surface area contributed by atoms with Crippen LogP contribution in [0.2, 0.25) is 5.02 Å². The maximum absolute atomic E-state index is 11.9. The molecule has 1 aliphatic rings. The number of halogens is 1. The maximum Gasteiger partial charge on any atom is 0.327 e. The van der Waals surface area contributed by atoms with E-state index in [2.05, 4.69) is 11.9 Å². The van der Waals surface area contributed by atoms with Crippen LogP contribution in [0.1, 0.15) is 18.0 Å². The third-order valence-corrected chi connectivity index (χ3v) is 3.34. The molecule has 0 radical (unpaired) electrons. The summed E-state index contributed by atoms with van der Waals surface area (Å²) < 4.78 is 16.0. The van der Waals surface area contributed by atoms with Crippen molar-refractivity contribution in [3.8, 4) is 11.5 Å². The molecule has 6 heteroatoms. The lowest BCUT2D eigenvalue weighted by molar-refractivity contribution is -0.143. The van der Waals surface area contributed by atoms with Gasteiger partial charge in [0.05, 0.1) is 25.3 Å². The quantitative estimate of drug-likeness (QED) is 0.669. The normalized spacial score (nSPS) is 15.0. The summed E-state index contributed by atoms with van der Waals surface area (Å²) in [6, 6.07) is 2.80. The number of nitrogens with one attached hydrogen (secondary N) is 1. The molecule has 21 heavy (non-hydrogen) atoms. The standard InChI is InChI=1S/C15H18ClNO4/c1-3-5-17-13(15(18)19-2)10-8-11(16)14-12(9-10)20-6-4-7-21-14/h3,8-9,13,17H,1,4-7H2,2H3. The number of carbonyl (C=O) groups is 1. The molecular weight excluding hydrogens is 294 g/mol. The van der Waals surface area contributed by atoms with Crippen molar-refractivity contribution in [2.45, 2.75) is 12.5 Å². The fourth-order valence-electron chi connectivity index (χ4n) is 2.07. The largest absolute Gasteiger partial charge is 0.489 e. The molecule has 1 aromatic rings. The predicted octanol–water partition coefficient (Wildman–Crippen LogP) is 2.49. The van der Waals surface area contributed by atoms with Crippen LogP contribution in [0.4, 0.5) is 0 Å². The molecule has 0 bridgehead atoms. The van der Waals surface area contributed by atoms with Crippen LogP contribution in [-0.4, -0.2) is 32.8 Å². The Morgan fingerprint density at radius 3 is 3.00 bits per heavy atom. The van der Waals surface area contributed by atoms with Crippen molar-refractivity contribution in [2.24, 2.45) is 0 Å². The van der Waals surface area contributed by atoms with Crippen LogP contribution in [0, 0.1) is 0 Å². The predicted molar refractivity (Wildman–Crippen MR) is 80.0 cm³/mol. The summed E-state index contributed by atoms with van der Waals surface area (Å²) in [5.41, 5.74) is 0.665. The number of rotatable bonds is 5. The van der Waals surface area contributed by atoms with Gasteiger partial charge in [0.1, 0.15) is 6.04 Å². The molecule has 1 heterocycles. The van der Waals surface area contributed by atoms with Crippen LogP contribution in [0.5, 0.6) is 11.5 Å². The average Bonchev–Trinajstić information content (AvgIpc) is 2.73. The number of benzene rings is 1. The third-order valence-electron chi connectivity index (χ3n) is 3.06.